The van der Waals surface area contributed by atoms with Crippen LogP contribution in [0.2, 0.25) is 0 Å². The summed E-state index contributed by atoms with van der Waals surface area (Å²) in [5.41, 5.74) is -0.541. The Kier molecular flexibility index (Phi) is 3.87. The lowest BCUT2D eigenvalue weighted by Gasteiger charge is -2.13. The predicted molar refractivity (Wildman–Crippen MR) is 88.2 cm³/mol. The minimum absolute atomic E-state index is 0.0738. The first-order valence-corrected chi connectivity index (χ1v) is 9.24. The van der Waals surface area contributed by atoms with Gasteiger partial charge >= 0.3 is 0 Å². The van der Waals surface area contributed by atoms with E-state index in [4.69, 9.17) is 9.36 Å². The lowest BCUT2D eigenvalue weighted by atomic mass is 10.1. The first kappa shape index (κ1) is 16.8. The molecule has 128 valence electrons. The summed E-state index contributed by atoms with van der Waals surface area (Å²) in [4.78, 5) is 15.5. The summed E-state index contributed by atoms with van der Waals surface area (Å²) in [6.07, 6.45) is 0.150. The van der Waals surface area contributed by atoms with Crippen LogP contribution in [0, 0.1) is 10.1 Å². The Morgan fingerprint density at radius 2 is 2.12 bits per heavy atom. The minimum atomic E-state index is -3.77. The summed E-state index contributed by atoms with van der Waals surface area (Å²) in [6.45, 7) is 3.46. The normalized spacial score (nSPS) is 16.9. The molecule has 0 N–H and O–H groups in total. The number of sulfone groups is 1. The molecule has 0 saturated carbocycles. The van der Waals surface area contributed by atoms with Gasteiger partial charge in [-0.2, -0.15) is 0 Å². The molecule has 0 unspecified atom stereocenters. The Labute approximate surface area is 144 Å². The highest BCUT2D eigenvalue weighted by molar-refractivity contribution is 9.10. The fraction of sp³-hybridized carbons (Fsp3) is 0.385. The molecule has 0 fully saturated rings. The quantitative estimate of drug-likeness (QED) is 0.554. The maximum absolute atomic E-state index is 12.5. The van der Waals surface area contributed by atoms with Crippen LogP contribution >= 0.6 is 15.9 Å². The van der Waals surface area contributed by atoms with Gasteiger partial charge in [-0.1, -0.05) is 10.3 Å². The zero-order valence-corrected chi connectivity index (χ0v) is 15.0. The van der Waals surface area contributed by atoms with Gasteiger partial charge in [0, 0.05) is 18.6 Å². The zero-order chi connectivity index (χ0) is 17.7. The van der Waals surface area contributed by atoms with E-state index in [9.17, 15) is 18.5 Å². The predicted octanol–water partition coefficient (Wildman–Crippen LogP) is 2.93. The van der Waals surface area contributed by atoms with Crippen molar-refractivity contribution < 1.29 is 22.7 Å². The van der Waals surface area contributed by atoms with Crippen LogP contribution in [0.5, 0.6) is 0 Å². The number of hydrogen-bond acceptors (Lipinski definition) is 8. The van der Waals surface area contributed by atoms with Crippen LogP contribution in [0.3, 0.4) is 0 Å². The molecule has 2 aromatic rings. The molecule has 2 heterocycles. The summed E-state index contributed by atoms with van der Waals surface area (Å²) < 4.78 is 30.3. The third-order valence-corrected chi connectivity index (χ3v) is 5.69. The number of benzene rings is 1. The van der Waals surface area contributed by atoms with E-state index in [1.165, 1.54) is 12.1 Å². The smallest absolute Gasteiger partial charge is 0.284 e. The van der Waals surface area contributed by atoms with Gasteiger partial charge in [-0.05, 0) is 29.8 Å². The molecular formula is C13H12BrN3O6S. The molecule has 1 aromatic carbocycles. The van der Waals surface area contributed by atoms with Gasteiger partial charge in [0.05, 0.1) is 14.8 Å². The van der Waals surface area contributed by atoms with Crippen LogP contribution < -0.4 is 0 Å². The topological polar surface area (TPSA) is 125 Å². The van der Waals surface area contributed by atoms with Gasteiger partial charge in [0.15, 0.2) is 10.6 Å². The molecule has 0 amide bonds. The molecule has 0 saturated heterocycles. The Morgan fingerprint density at radius 3 is 2.71 bits per heavy atom. The number of rotatable bonds is 3. The van der Waals surface area contributed by atoms with E-state index in [2.05, 4.69) is 26.2 Å². The SMILES string of the molecule is CC1(C)CC(S(=O)(=O)Cc2noc3cc(Br)c([N+](=O)[O-])cc23)=NO1. The van der Waals surface area contributed by atoms with E-state index < -0.39 is 26.1 Å². The Morgan fingerprint density at radius 1 is 1.42 bits per heavy atom. The number of nitro benzene ring substituents is 1. The van der Waals surface area contributed by atoms with Gasteiger partial charge in [0.25, 0.3) is 5.69 Å². The number of oxime groups is 1. The van der Waals surface area contributed by atoms with Gasteiger partial charge in [0.1, 0.15) is 17.0 Å². The average molecular weight is 418 g/mol. The van der Waals surface area contributed by atoms with Gasteiger partial charge in [-0.3, -0.25) is 10.1 Å². The Hall–Kier alpha value is -2.01. The van der Waals surface area contributed by atoms with Crippen molar-refractivity contribution in [3.05, 3.63) is 32.4 Å². The van der Waals surface area contributed by atoms with Crippen molar-refractivity contribution in [2.24, 2.45) is 5.16 Å². The van der Waals surface area contributed by atoms with Crippen molar-refractivity contribution in [3.8, 4) is 0 Å². The second-order valence-electron chi connectivity index (χ2n) is 5.96. The van der Waals surface area contributed by atoms with Crippen molar-refractivity contribution in [2.45, 2.75) is 31.6 Å². The molecule has 1 aromatic heterocycles. The van der Waals surface area contributed by atoms with Crippen molar-refractivity contribution in [1.82, 2.24) is 5.16 Å². The van der Waals surface area contributed by atoms with E-state index in [1.54, 1.807) is 13.8 Å². The van der Waals surface area contributed by atoms with Crippen LogP contribution in [0.4, 0.5) is 5.69 Å². The molecule has 0 bridgehead atoms. The van der Waals surface area contributed by atoms with E-state index in [0.29, 0.717) is 0 Å². The number of nitrogens with zero attached hydrogens (tertiary/aromatic N) is 3. The number of nitro groups is 1. The maximum Gasteiger partial charge on any atom is 0.284 e. The van der Waals surface area contributed by atoms with Crippen LogP contribution in [-0.2, 0) is 20.4 Å². The summed E-state index contributed by atoms with van der Waals surface area (Å²) in [6, 6.07) is 2.62. The molecule has 24 heavy (non-hydrogen) atoms. The first-order valence-electron chi connectivity index (χ1n) is 6.79. The van der Waals surface area contributed by atoms with Crippen molar-refractivity contribution in [3.63, 3.8) is 0 Å². The van der Waals surface area contributed by atoms with Crippen molar-refractivity contribution >= 4 is 47.5 Å². The Balaban J connectivity index is 1.99. The maximum atomic E-state index is 12.5. The molecule has 1 aliphatic heterocycles. The van der Waals surface area contributed by atoms with Gasteiger partial charge < -0.3 is 9.36 Å². The zero-order valence-electron chi connectivity index (χ0n) is 12.6. The highest BCUT2D eigenvalue weighted by atomic mass is 79.9. The summed E-state index contributed by atoms with van der Waals surface area (Å²) in [5, 5.41) is 18.6. The summed E-state index contributed by atoms with van der Waals surface area (Å²) in [5.74, 6) is -0.475. The standard InChI is InChI=1S/C13H12BrN3O6S/c1-13(2)5-12(16-23-13)24(20,21)6-9-7-3-10(17(18)19)8(14)4-11(7)22-15-9/h3-4H,5-6H2,1-2H3. The van der Waals surface area contributed by atoms with Gasteiger partial charge in [-0.15, -0.1) is 0 Å². The molecular weight excluding hydrogens is 406 g/mol. The van der Waals surface area contributed by atoms with Crippen molar-refractivity contribution in [2.75, 3.05) is 0 Å². The molecule has 0 radical (unpaired) electrons. The fourth-order valence-electron chi connectivity index (χ4n) is 2.28. The third-order valence-electron chi connectivity index (χ3n) is 3.47. The van der Waals surface area contributed by atoms with Crippen LogP contribution in [-0.4, -0.2) is 29.1 Å². The van der Waals surface area contributed by atoms with Crippen LogP contribution in [0.1, 0.15) is 26.0 Å². The average Bonchev–Trinajstić information content (AvgIpc) is 3.01. The first-order chi connectivity index (χ1) is 11.1. The molecule has 0 spiro atoms. The van der Waals surface area contributed by atoms with E-state index in [-0.39, 0.29) is 38.3 Å². The van der Waals surface area contributed by atoms with Gasteiger partial charge in [-0.25, -0.2) is 8.42 Å². The number of hydrogen-bond donors (Lipinski definition) is 0. The molecule has 9 nitrogen and oxygen atoms in total. The van der Waals surface area contributed by atoms with E-state index in [1.807, 2.05) is 0 Å². The second-order valence-corrected chi connectivity index (χ2v) is 8.80. The number of halogens is 1. The summed E-state index contributed by atoms with van der Waals surface area (Å²) in [7, 11) is -3.77. The monoisotopic (exact) mass is 417 g/mol. The fourth-order valence-corrected chi connectivity index (χ4v) is 4.20. The lowest BCUT2D eigenvalue weighted by Crippen LogP contribution is -2.23. The molecule has 1 aliphatic rings. The van der Waals surface area contributed by atoms with E-state index in [0.717, 1.165) is 0 Å². The third kappa shape index (κ3) is 3.00. The molecule has 11 heteroatoms. The van der Waals surface area contributed by atoms with Crippen LogP contribution in [0.25, 0.3) is 11.0 Å². The largest absolute Gasteiger partial charge is 0.389 e. The molecule has 0 aliphatic carbocycles. The van der Waals surface area contributed by atoms with Crippen molar-refractivity contribution in [1.29, 1.82) is 0 Å². The lowest BCUT2D eigenvalue weighted by molar-refractivity contribution is -0.385. The summed E-state index contributed by atoms with van der Waals surface area (Å²) >= 11 is 3.07. The van der Waals surface area contributed by atoms with E-state index >= 15 is 0 Å². The highest BCUT2D eigenvalue weighted by Crippen LogP contribution is 2.33. The number of fused-ring (bicyclic) bond motifs is 1. The Bertz CT molecular complexity index is 979. The second kappa shape index (κ2) is 5.52. The molecule has 0 atom stereocenters. The highest BCUT2D eigenvalue weighted by Gasteiger charge is 2.36. The minimum Gasteiger partial charge on any atom is -0.389 e. The van der Waals surface area contributed by atoms with Crippen LogP contribution in [0.15, 0.2) is 26.3 Å². The number of aromatic nitrogens is 1. The van der Waals surface area contributed by atoms with Gasteiger partial charge in [0.2, 0.25) is 9.84 Å². The molecule has 3 rings (SSSR count).